The van der Waals surface area contributed by atoms with Crippen molar-refractivity contribution in [2.24, 2.45) is 0 Å². The van der Waals surface area contributed by atoms with Gasteiger partial charge in [0.15, 0.2) is 17.5 Å². The van der Waals surface area contributed by atoms with Crippen molar-refractivity contribution in [1.82, 2.24) is 15.0 Å². The summed E-state index contributed by atoms with van der Waals surface area (Å²) in [5.41, 5.74) is 9.05. The zero-order valence-electron chi connectivity index (χ0n) is 30.8. The molecule has 0 amide bonds. The third-order valence-electron chi connectivity index (χ3n) is 10.9. The van der Waals surface area contributed by atoms with E-state index in [1.54, 1.807) is 0 Å². The zero-order chi connectivity index (χ0) is 37.7. The summed E-state index contributed by atoms with van der Waals surface area (Å²) in [4.78, 5) is 15.5. The molecular formula is C53H33N3O. The Labute approximate surface area is 329 Å². The van der Waals surface area contributed by atoms with Gasteiger partial charge < -0.3 is 4.42 Å². The summed E-state index contributed by atoms with van der Waals surface area (Å²) in [6.45, 7) is 0. The first-order valence-corrected chi connectivity index (χ1v) is 19.2. The van der Waals surface area contributed by atoms with E-state index < -0.39 is 0 Å². The van der Waals surface area contributed by atoms with Crippen molar-refractivity contribution in [3.8, 4) is 67.7 Å². The fourth-order valence-electron chi connectivity index (χ4n) is 8.16. The number of furan rings is 1. The van der Waals surface area contributed by atoms with Crippen LogP contribution in [-0.2, 0) is 0 Å². The van der Waals surface area contributed by atoms with Crippen LogP contribution in [-0.4, -0.2) is 15.0 Å². The van der Waals surface area contributed by atoms with Crippen LogP contribution >= 0.6 is 0 Å². The van der Waals surface area contributed by atoms with Gasteiger partial charge in [0.1, 0.15) is 11.3 Å². The number of nitrogens with zero attached hydrogens (tertiary/aromatic N) is 3. The molecule has 0 bridgehead atoms. The van der Waals surface area contributed by atoms with E-state index in [1.165, 1.54) is 37.9 Å². The monoisotopic (exact) mass is 727 g/mol. The molecule has 0 saturated heterocycles. The van der Waals surface area contributed by atoms with E-state index in [-0.39, 0.29) is 0 Å². The van der Waals surface area contributed by atoms with Gasteiger partial charge in [-0.3, -0.25) is 0 Å². The predicted molar refractivity (Wildman–Crippen MR) is 235 cm³/mol. The highest BCUT2D eigenvalue weighted by atomic mass is 16.3. The molecule has 0 N–H and O–H groups in total. The van der Waals surface area contributed by atoms with Gasteiger partial charge >= 0.3 is 0 Å². The van der Waals surface area contributed by atoms with Crippen molar-refractivity contribution in [2.45, 2.75) is 0 Å². The van der Waals surface area contributed by atoms with Crippen molar-refractivity contribution < 1.29 is 4.42 Å². The molecule has 0 aliphatic rings. The van der Waals surface area contributed by atoms with E-state index in [1.807, 2.05) is 36.4 Å². The maximum absolute atomic E-state index is 6.26. The van der Waals surface area contributed by atoms with Crippen molar-refractivity contribution in [2.75, 3.05) is 0 Å². The fraction of sp³-hybridized carbons (Fsp3) is 0. The average molecular weight is 728 g/mol. The topological polar surface area (TPSA) is 51.8 Å². The van der Waals surface area contributed by atoms with E-state index in [0.717, 1.165) is 55.7 Å². The van der Waals surface area contributed by atoms with Gasteiger partial charge in [-0.05, 0) is 78.8 Å². The summed E-state index contributed by atoms with van der Waals surface area (Å²) < 4.78 is 6.26. The van der Waals surface area contributed by atoms with Crippen LogP contribution in [0.2, 0.25) is 0 Å². The van der Waals surface area contributed by atoms with Crippen LogP contribution in [0.5, 0.6) is 0 Å². The van der Waals surface area contributed by atoms with Crippen molar-refractivity contribution >= 4 is 43.3 Å². The molecule has 0 aliphatic carbocycles. The van der Waals surface area contributed by atoms with Crippen LogP contribution in [0.1, 0.15) is 0 Å². The Morgan fingerprint density at radius 3 is 1.74 bits per heavy atom. The van der Waals surface area contributed by atoms with E-state index >= 15 is 0 Å². The number of para-hydroxylation sites is 1. The van der Waals surface area contributed by atoms with Crippen molar-refractivity contribution in [3.63, 3.8) is 0 Å². The lowest BCUT2D eigenvalue weighted by molar-refractivity contribution is 0.631. The third-order valence-corrected chi connectivity index (χ3v) is 10.9. The quantitative estimate of drug-likeness (QED) is 0.126. The first-order chi connectivity index (χ1) is 28.2. The minimum atomic E-state index is 0.590. The van der Waals surface area contributed by atoms with Gasteiger partial charge in [-0.15, -0.1) is 0 Å². The SMILES string of the molecule is c1ccc(-c2ccccc2-c2nc(-c3ccc(-c4c5ccccc5cc5c4ccc4ccccc45)cc3)nc(-c3cccc(-c4cc5ccccc5o4)c3)n2)cc1. The third kappa shape index (κ3) is 5.83. The number of fused-ring (bicyclic) bond motifs is 5. The van der Waals surface area contributed by atoms with Gasteiger partial charge in [0.2, 0.25) is 0 Å². The highest BCUT2D eigenvalue weighted by molar-refractivity contribution is 6.20. The summed E-state index contributed by atoms with van der Waals surface area (Å²) in [7, 11) is 0. The average Bonchev–Trinajstić information content (AvgIpc) is 3.73. The molecule has 11 aromatic rings. The smallest absolute Gasteiger partial charge is 0.164 e. The Bertz CT molecular complexity index is 3260. The maximum atomic E-state index is 6.26. The molecule has 0 spiro atoms. The van der Waals surface area contributed by atoms with Gasteiger partial charge in [-0.25, -0.2) is 15.0 Å². The van der Waals surface area contributed by atoms with Crippen molar-refractivity contribution in [1.29, 1.82) is 0 Å². The largest absolute Gasteiger partial charge is 0.456 e. The molecule has 0 fully saturated rings. The maximum Gasteiger partial charge on any atom is 0.164 e. The lowest BCUT2D eigenvalue weighted by atomic mass is 9.89. The Morgan fingerprint density at radius 2 is 0.912 bits per heavy atom. The second-order valence-electron chi connectivity index (χ2n) is 14.4. The standard InChI is InChI=1S/C53H33N3O/c1-2-13-34(14-3-1)42-20-9-10-23-46(42)53-55-51(54-52(56-53)41-19-12-18-39(31-41)49-33-40-17-6-11-24-48(40)57-49)37-27-25-36(26-28-37)50-44-22-8-5-16-38(44)32-47-43-21-7-4-15-35(43)29-30-45(47)50/h1-33H. The van der Waals surface area contributed by atoms with Crippen LogP contribution in [0.3, 0.4) is 0 Å². The Kier molecular flexibility index (Phi) is 7.78. The number of aromatic nitrogens is 3. The summed E-state index contributed by atoms with van der Waals surface area (Å²) in [5, 5.41) is 8.47. The molecule has 0 atom stereocenters. The molecule has 0 aliphatic heterocycles. The van der Waals surface area contributed by atoms with Gasteiger partial charge in [0.05, 0.1) is 0 Å². The minimum Gasteiger partial charge on any atom is -0.456 e. The molecule has 4 heteroatoms. The Morgan fingerprint density at radius 1 is 0.298 bits per heavy atom. The molecule has 11 rings (SSSR count). The normalized spacial score (nSPS) is 11.5. The molecule has 57 heavy (non-hydrogen) atoms. The van der Waals surface area contributed by atoms with Gasteiger partial charge in [-0.1, -0.05) is 176 Å². The highest BCUT2D eigenvalue weighted by Crippen LogP contribution is 2.40. The summed E-state index contributed by atoms with van der Waals surface area (Å²) in [6, 6.07) is 69.9. The number of rotatable bonds is 6. The van der Waals surface area contributed by atoms with E-state index in [2.05, 4.69) is 164 Å². The molecule has 9 aromatic carbocycles. The summed E-state index contributed by atoms with van der Waals surface area (Å²) in [5.74, 6) is 2.60. The Balaban J connectivity index is 1.07. The summed E-state index contributed by atoms with van der Waals surface area (Å²) >= 11 is 0. The molecule has 0 unspecified atom stereocenters. The number of hydrogen-bond donors (Lipinski definition) is 0. The lowest BCUT2D eigenvalue weighted by Crippen LogP contribution is -2.01. The van der Waals surface area contributed by atoms with Crippen LogP contribution in [0.25, 0.3) is 111 Å². The first-order valence-electron chi connectivity index (χ1n) is 19.2. The molecule has 2 heterocycles. The molecule has 0 saturated carbocycles. The second kappa shape index (κ2) is 13.6. The zero-order valence-corrected chi connectivity index (χ0v) is 30.8. The van der Waals surface area contributed by atoms with Crippen molar-refractivity contribution in [3.05, 3.63) is 200 Å². The molecule has 266 valence electrons. The molecule has 2 aromatic heterocycles. The van der Waals surface area contributed by atoms with Crippen LogP contribution in [0.15, 0.2) is 205 Å². The Hall–Kier alpha value is -7.69. The highest BCUT2D eigenvalue weighted by Gasteiger charge is 2.18. The molecule has 0 radical (unpaired) electrons. The summed E-state index contributed by atoms with van der Waals surface area (Å²) in [6.07, 6.45) is 0. The second-order valence-corrected chi connectivity index (χ2v) is 14.4. The number of hydrogen-bond acceptors (Lipinski definition) is 4. The van der Waals surface area contributed by atoms with E-state index in [9.17, 15) is 0 Å². The van der Waals surface area contributed by atoms with Crippen LogP contribution in [0.4, 0.5) is 0 Å². The van der Waals surface area contributed by atoms with E-state index in [4.69, 9.17) is 19.4 Å². The first kappa shape index (κ1) is 32.7. The lowest BCUT2D eigenvalue weighted by Gasteiger charge is -2.15. The van der Waals surface area contributed by atoms with Gasteiger partial charge in [-0.2, -0.15) is 0 Å². The molecule has 4 nitrogen and oxygen atoms in total. The minimum absolute atomic E-state index is 0.590. The van der Waals surface area contributed by atoms with Crippen LogP contribution < -0.4 is 0 Å². The van der Waals surface area contributed by atoms with E-state index in [0.29, 0.717) is 17.5 Å². The molecular weight excluding hydrogens is 695 g/mol. The predicted octanol–water partition coefficient (Wildman–Crippen LogP) is 14.1. The van der Waals surface area contributed by atoms with Gasteiger partial charge in [0, 0.05) is 27.6 Å². The fourth-order valence-corrected chi connectivity index (χ4v) is 8.16. The van der Waals surface area contributed by atoms with Gasteiger partial charge in [0.25, 0.3) is 0 Å². The van der Waals surface area contributed by atoms with Crippen LogP contribution in [0, 0.1) is 0 Å². The number of benzene rings is 9.